The van der Waals surface area contributed by atoms with Crippen LogP contribution in [0.3, 0.4) is 0 Å². The largest absolute Gasteiger partial charge is 0.478 e. The molecular formula is C12H16N2O3. The Morgan fingerprint density at radius 3 is 2.88 bits per heavy atom. The molecule has 0 aromatic carbocycles. The van der Waals surface area contributed by atoms with Gasteiger partial charge in [0, 0.05) is 6.20 Å². The fraction of sp³-hybridized carbons (Fsp3) is 0.583. The van der Waals surface area contributed by atoms with Crippen molar-refractivity contribution in [1.29, 1.82) is 0 Å². The van der Waals surface area contributed by atoms with Crippen LogP contribution in [0.1, 0.15) is 48.2 Å². The van der Waals surface area contributed by atoms with Gasteiger partial charge >= 0.3 is 5.97 Å². The standard InChI is InChI=1S/C12H16N2O3/c15-12(16)10-6-13-8-14-11(10)7-17-9-4-2-1-3-5-9/h6,8-9H,1-5,7H2,(H,15,16). The van der Waals surface area contributed by atoms with Crippen LogP contribution in [-0.4, -0.2) is 27.1 Å². The third-order valence-electron chi connectivity index (χ3n) is 3.03. The molecule has 0 unspecified atom stereocenters. The first-order valence-corrected chi connectivity index (χ1v) is 5.91. The van der Waals surface area contributed by atoms with E-state index in [4.69, 9.17) is 9.84 Å². The molecule has 92 valence electrons. The quantitative estimate of drug-likeness (QED) is 0.865. The van der Waals surface area contributed by atoms with E-state index in [1.165, 1.54) is 31.8 Å². The first kappa shape index (κ1) is 12.0. The minimum atomic E-state index is -1.01. The predicted molar refractivity (Wildman–Crippen MR) is 60.7 cm³/mol. The highest BCUT2D eigenvalue weighted by Gasteiger charge is 2.16. The molecule has 5 nitrogen and oxygen atoms in total. The van der Waals surface area contributed by atoms with Gasteiger partial charge in [-0.2, -0.15) is 0 Å². The Kier molecular flexibility index (Phi) is 4.03. The third kappa shape index (κ3) is 3.23. The molecule has 1 aromatic heterocycles. The summed E-state index contributed by atoms with van der Waals surface area (Å²) in [5.74, 6) is -1.01. The van der Waals surface area contributed by atoms with Crippen molar-refractivity contribution >= 4 is 5.97 Å². The third-order valence-corrected chi connectivity index (χ3v) is 3.03. The van der Waals surface area contributed by atoms with Crippen LogP contribution in [0.5, 0.6) is 0 Å². The summed E-state index contributed by atoms with van der Waals surface area (Å²) in [6, 6.07) is 0. The van der Waals surface area contributed by atoms with E-state index in [0.717, 1.165) is 12.8 Å². The molecule has 0 saturated heterocycles. The van der Waals surface area contributed by atoms with Gasteiger partial charge in [-0.25, -0.2) is 14.8 Å². The topological polar surface area (TPSA) is 72.3 Å². The maximum atomic E-state index is 10.9. The van der Waals surface area contributed by atoms with E-state index in [2.05, 4.69) is 9.97 Å². The lowest BCUT2D eigenvalue weighted by Gasteiger charge is -2.21. The fourth-order valence-corrected chi connectivity index (χ4v) is 2.08. The molecular weight excluding hydrogens is 220 g/mol. The van der Waals surface area contributed by atoms with Gasteiger partial charge < -0.3 is 9.84 Å². The first-order valence-electron chi connectivity index (χ1n) is 5.91. The maximum absolute atomic E-state index is 10.9. The van der Waals surface area contributed by atoms with Crippen LogP contribution in [-0.2, 0) is 11.3 Å². The molecule has 1 heterocycles. The Morgan fingerprint density at radius 1 is 1.41 bits per heavy atom. The van der Waals surface area contributed by atoms with Crippen molar-refractivity contribution in [3.05, 3.63) is 23.8 Å². The number of aromatic carboxylic acids is 1. The molecule has 0 aliphatic heterocycles. The Morgan fingerprint density at radius 2 is 2.18 bits per heavy atom. The summed E-state index contributed by atoms with van der Waals surface area (Å²) < 4.78 is 5.71. The minimum absolute atomic E-state index is 0.128. The molecule has 0 atom stereocenters. The Balaban J connectivity index is 1.96. The van der Waals surface area contributed by atoms with Gasteiger partial charge in [-0.15, -0.1) is 0 Å². The normalized spacial score (nSPS) is 16.9. The molecule has 0 amide bonds. The van der Waals surface area contributed by atoms with Crippen molar-refractivity contribution in [1.82, 2.24) is 9.97 Å². The molecule has 0 bridgehead atoms. The number of rotatable bonds is 4. The van der Waals surface area contributed by atoms with Gasteiger partial charge in [0.1, 0.15) is 11.9 Å². The first-order chi connectivity index (χ1) is 8.27. The number of carboxylic acid groups (broad SMARTS) is 1. The molecule has 1 aliphatic carbocycles. The van der Waals surface area contributed by atoms with Crippen molar-refractivity contribution in [3.8, 4) is 0 Å². The molecule has 1 N–H and O–H groups in total. The lowest BCUT2D eigenvalue weighted by atomic mass is 9.98. The number of hydrogen-bond donors (Lipinski definition) is 1. The average Bonchev–Trinajstić information content (AvgIpc) is 2.38. The van der Waals surface area contributed by atoms with Crippen molar-refractivity contribution in [2.24, 2.45) is 0 Å². The second-order valence-corrected chi connectivity index (χ2v) is 4.26. The number of hydrogen-bond acceptors (Lipinski definition) is 4. The Labute approximate surface area is 99.9 Å². The highest BCUT2D eigenvalue weighted by atomic mass is 16.5. The lowest BCUT2D eigenvalue weighted by molar-refractivity contribution is 0.0145. The minimum Gasteiger partial charge on any atom is -0.478 e. The smallest absolute Gasteiger partial charge is 0.339 e. The van der Waals surface area contributed by atoms with Crippen LogP contribution >= 0.6 is 0 Å². The van der Waals surface area contributed by atoms with E-state index < -0.39 is 5.97 Å². The Bertz CT molecular complexity index is 389. The van der Waals surface area contributed by atoms with Gasteiger partial charge in [0.15, 0.2) is 0 Å². The monoisotopic (exact) mass is 236 g/mol. The van der Waals surface area contributed by atoms with E-state index in [9.17, 15) is 4.79 Å². The molecule has 1 aromatic rings. The summed E-state index contributed by atoms with van der Waals surface area (Å²) in [7, 11) is 0. The van der Waals surface area contributed by atoms with Crippen LogP contribution in [0.4, 0.5) is 0 Å². The van der Waals surface area contributed by atoms with Gasteiger partial charge in [-0.3, -0.25) is 0 Å². The summed E-state index contributed by atoms with van der Waals surface area (Å²) in [5, 5.41) is 8.97. The summed E-state index contributed by atoms with van der Waals surface area (Å²) in [6.45, 7) is 0.259. The van der Waals surface area contributed by atoms with Gasteiger partial charge in [-0.1, -0.05) is 19.3 Å². The molecule has 0 spiro atoms. The van der Waals surface area contributed by atoms with Gasteiger partial charge in [0.05, 0.1) is 18.4 Å². The van der Waals surface area contributed by atoms with Crippen LogP contribution < -0.4 is 0 Å². The molecule has 0 radical (unpaired) electrons. The van der Waals surface area contributed by atoms with E-state index in [1.807, 2.05) is 0 Å². The number of carboxylic acids is 1. The predicted octanol–water partition coefficient (Wildman–Crippen LogP) is 2.02. The zero-order chi connectivity index (χ0) is 12.1. The number of nitrogens with zero attached hydrogens (tertiary/aromatic N) is 2. The summed E-state index contributed by atoms with van der Waals surface area (Å²) >= 11 is 0. The zero-order valence-electron chi connectivity index (χ0n) is 9.63. The summed E-state index contributed by atoms with van der Waals surface area (Å²) in [6.07, 6.45) is 8.70. The van der Waals surface area contributed by atoms with Gasteiger partial charge in [0.2, 0.25) is 0 Å². The Hall–Kier alpha value is -1.49. The van der Waals surface area contributed by atoms with E-state index in [0.29, 0.717) is 5.69 Å². The number of carbonyl (C=O) groups is 1. The highest BCUT2D eigenvalue weighted by molar-refractivity contribution is 5.88. The second kappa shape index (κ2) is 5.72. The molecule has 17 heavy (non-hydrogen) atoms. The summed E-state index contributed by atoms with van der Waals surface area (Å²) in [5.41, 5.74) is 0.585. The van der Waals surface area contributed by atoms with E-state index >= 15 is 0 Å². The SMILES string of the molecule is O=C(O)c1cncnc1COC1CCCCC1. The molecule has 5 heteroatoms. The van der Waals surface area contributed by atoms with Crippen LogP contribution in [0.15, 0.2) is 12.5 Å². The number of ether oxygens (including phenoxy) is 1. The van der Waals surface area contributed by atoms with E-state index in [-0.39, 0.29) is 18.3 Å². The van der Waals surface area contributed by atoms with Gasteiger partial charge in [-0.05, 0) is 12.8 Å². The summed E-state index contributed by atoms with van der Waals surface area (Å²) in [4.78, 5) is 18.6. The zero-order valence-corrected chi connectivity index (χ0v) is 9.63. The van der Waals surface area contributed by atoms with Crippen molar-refractivity contribution in [2.45, 2.75) is 44.8 Å². The molecule has 1 fully saturated rings. The van der Waals surface area contributed by atoms with Gasteiger partial charge in [0.25, 0.3) is 0 Å². The van der Waals surface area contributed by atoms with Crippen molar-refractivity contribution < 1.29 is 14.6 Å². The molecule has 2 rings (SSSR count). The van der Waals surface area contributed by atoms with Crippen molar-refractivity contribution in [3.63, 3.8) is 0 Å². The van der Waals surface area contributed by atoms with Crippen molar-refractivity contribution in [2.75, 3.05) is 0 Å². The maximum Gasteiger partial charge on any atom is 0.339 e. The van der Waals surface area contributed by atoms with Crippen LogP contribution in [0.25, 0.3) is 0 Å². The lowest BCUT2D eigenvalue weighted by Crippen LogP contribution is -2.18. The highest BCUT2D eigenvalue weighted by Crippen LogP contribution is 2.21. The van der Waals surface area contributed by atoms with Crippen LogP contribution in [0.2, 0.25) is 0 Å². The molecule has 1 aliphatic rings. The molecule has 1 saturated carbocycles. The van der Waals surface area contributed by atoms with Crippen LogP contribution in [0, 0.1) is 0 Å². The number of aromatic nitrogens is 2. The van der Waals surface area contributed by atoms with E-state index in [1.54, 1.807) is 0 Å². The fourth-order valence-electron chi connectivity index (χ4n) is 2.08. The second-order valence-electron chi connectivity index (χ2n) is 4.26. The average molecular weight is 236 g/mol.